The summed E-state index contributed by atoms with van der Waals surface area (Å²) in [5, 5.41) is 8.52. The summed E-state index contributed by atoms with van der Waals surface area (Å²) in [6, 6.07) is 0. The number of amides is 1. The fraction of sp³-hybridized carbons (Fsp3) is 0.600. The molecule has 5 heteroatoms. The topological polar surface area (TPSA) is 54.0 Å². The van der Waals surface area contributed by atoms with Crippen LogP contribution in [-0.2, 0) is 4.79 Å². The van der Waals surface area contributed by atoms with E-state index in [-0.39, 0.29) is 8.76 Å². The number of aromatic nitrogens is 1. The van der Waals surface area contributed by atoms with Gasteiger partial charge in [-0.15, -0.1) is 11.3 Å². The fourth-order valence-electron chi connectivity index (χ4n) is 1.31. The van der Waals surface area contributed by atoms with Gasteiger partial charge in [-0.05, 0) is 19.4 Å². The lowest BCUT2D eigenvalue weighted by molar-refractivity contribution is -0.115. The Morgan fingerprint density at radius 3 is 3.20 bits per heavy atom. The maximum atomic E-state index is 11.4. The summed E-state index contributed by atoms with van der Waals surface area (Å²) < 4.78 is 0. The molecule has 86 valence electrons. The lowest BCUT2D eigenvalue weighted by Crippen LogP contribution is -2.27. The van der Waals surface area contributed by atoms with Crippen molar-refractivity contribution in [3.63, 3.8) is 0 Å². The Bertz CT molecular complexity index is 355. The summed E-state index contributed by atoms with van der Waals surface area (Å²) >= 11 is 1.51. The van der Waals surface area contributed by atoms with Crippen LogP contribution >= 0.6 is 11.3 Å². The molecule has 4 nitrogen and oxygen atoms in total. The molecule has 2 N–H and O–H groups in total. The SMILES string of the molecule is CCNCC(=O)Nc1nc(C2CC2)cs1.[HH].[HH]. The number of anilines is 1. The Balaban J connectivity index is 0.00000128. The first-order valence-corrected chi connectivity index (χ1v) is 6.13. The van der Waals surface area contributed by atoms with Gasteiger partial charge in [0.1, 0.15) is 0 Å². The van der Waals surface area contributed by atoms with Gasteiger partial charge in [0.05, 0.1) is 12.2 Å². The summed E-state index contributed by atoms with van der Waals surface area (Å²) in [4.78, 5) is 15.7. The molecule has 1 aliphatic carbocycles. The molecule has 0 atom stereocenters. The molecule has 1 aromatic rings. The number of carbonyl (C=O) groups excluding carboxylic acids is 1. The lowest BCUT2D eigenvalue weighted by Gasteiger charge is -2.01. The average Bonchev–Trinajstić information content (AvgIpc) is 2.98. The smallest absolute Gasteiger partial charge is 0.240 e. The summed E-state index contributed by atoms with van der Waals surface area (Å²) in [7, 11) is 0. The highest BCUT2D eigenvalue weighted by atomic mass is 32.1. The Labute approximate surface area is 96.1 Å². The molecule has 2 rings (SSSR count). The van der Waals surface area contributed by atoms with E-state index in [4.69, 9.17) is 0 Å². The standard InChI is InChI=1S/C10H15N3OS.2H2/c1-2-11-5-9(14)13-10-12-8(6-15-10)7-3-4-7;;/h6-7,11H,2-5H2,1H3,(H,12,13,14);2*1H. The van der Waals surface area contributed by atoms with E-state index in [1.54, 1.807) is 0 Å². The predicted octanol–water partition coefficient (Wildman–Crippen LogP) is 2.06. The Morgan fingerprint density at radius 2 is 2.53 bits per heavy atom. The zero-order chi connectivity index (χ0) is 10.7. The third-order valence-corrected chi connectivity index (χ3v) is 3.08. The van der Waals surface area contributed by atoms with E-state index in [2.05, 4.69) is 15.6 Å². The van der Waals surface area contributed by atoms with Gasteiger partial charge in [0.15, 0.2) is 5.13 Å². The van der Waals surface area contributed by atoms with Crippen molar-refractivity contribution in [1.29, 1.82) is 0 Å². The van der Waals surface area contributed by atoms with Gasteiger partial charge in [-0.25, -0.2) is 4.98 Å². The molecule has 0 bridgehead atoms. The molecule has 1 fully saturated rings. The summed E-state index contributed by atoms with van der Waals surface area (Å²) in [5.74, 6) is 0.634. The number of carbonyl (C=O) groups is 1. The number of nitrogens with one attached hydrogen (secondary N) is 2. The van der Waals surface area contributed by atoms with Crippen LogP contribution in [0, 0.1) is 0 Å². The van der Waals surface area contributed by atoms with Crippen LogP contribution in [0.4, 0.5) is 5.13 Å². The van der Waals surface area contributed by atoms with Gasteiger partial charge >= 0.3 is 0 Å². The molecule has 0 saturated heterocycles. The van der Waals surface area contributed by atoms with E-state index in [9.17, 15) is 4.79 Å². The third kappa shape index (κ3) is 3.00. The van der Waals surface area contributed by atoms with Gasteiger partial charge in [0.2, 0.25) is 5.91 Å². The van der Waals surface area contributed by atoms with Gasteiger partial charge in [-0.3, -0.25) is 4.79 Å². The number of rotatable bonds is 5. The van der Waals surface area contributed by atoms with Gasteiger partial charge in [0.25, 0.3) is 0 Å². The normalized spacial score (nSPS) is 15.3. The number of hydrogen-bond acceptors (Lipinski definition) is 4. The highest BCUT2D eigenvalue weighted by Gasteiger charge is 2.26. The van der Waals surface area contributed by atoms with E-state index < -0.39 is 0 Å². The summed E-state index contributed by atoms with van der Waals surface area (Å²) in [6.45, 7) is 3.13. The highest BCUT2D eigenvalue weighted by molar-refractivity contribution is 7.13. The first-order valence-electron chi connectivity index (χ1n) is 5.25. The van der Waals surface area contributed by atoms with Crippen LogP contribution in [-0.4, -0.2) is 24.0 Å². The van der Waals surface area contributed by atoms with Crippen molar-refractivity contribution in [3.05, 3.63) is 11.1 Å². The fourth-order valence-corrected chi connectivity index (χ4v) is 2.12. The van der Waals surface area contributed by atoms with Crippen LogP contribution in [0.2, 0.25) is 0 Å². The van der Waals surface area contributed by atoms with Crippen molar-refractivity contribution in [1.82, 2.24) is 10.3 Å². The predicted molar refractivity (Wildman–Crippen MR) is 65.5 cm³/mol. The number of hydrogen-bond donors (Lipinski definition) is 2. The molecule has 1 aliphatic rings. The van der Waals surface area contributed by atoms with Crippen molar-refractivity contribution in [2.24, 2.45) is 0 Å². The van der Waals surface area contributed by atoms with Gasteiger partial charge in [-0.1, -0.05) is 6.92 Å². The number of likely N-dealkylation sites (N-methyl/N-ethyl adjacent to an activating group) is 1. The van der Waals surface area contributed by atoms with Crippen molar-refractivity contribution in [3.8, 4) is 0 Å². The monoisotopic (exact) mass is 229 g/mol. The molecular weight excluding hydrogens is 210 g/mol. The Morgan fingerprint density at radius 1 is 1.73 bits per heavy atom. The minimum Gasteiger partial charge on any atom is -0.309 e. The molecule has 0 aliphatic heterocycles. The van der Waals surface area contributed by atoms with Gasteiger partial charge in [-0.2, -0.15) is 0 Å². The van der Waals surface area contributed by atoms with Crippen LogP contribution < -0.4 is 10.6 Å². The van der Waals surface area contributed by atoms with Crippen LogP contribution in [0.1, 0.15) is 34.2 Å². The number of nitrogens with zero attached hydrogens (tertiary/aromatic N) is 1. The van der Waals surface area contributed by atoms with Gasteiger partial charge in [0, 0.05) is 14.2 Å². The van der Waals surface area contributed by atoms with Crippen LogP contribution in [0.15, 0.2) is 5.38 Å². The maximum Gasteiger partial charge on any atom is 0.240 e. The van der Waals surface area contributed by atoms with Crippen LogP contribution in [0.5, 0.6) is 0 Å². The van der Waals surface area contributed by atoms with Crippen LogP contribution in [0.3, 0.4) is 0 Å². The largest absolute Gasteiger partial charge is 0.309 e. The zero-order valence-corrected chi connectivity index (χ0v) is 9.56. The Hall–Kier alpha value is -0.940. The first-order chi connectivity index (χ1) is 7.29. The average molecular weight is 229 g/mol. The first kappa shape index (κ1) is 10.6. The molecule has 0 spiro atoms. The third-order valence-electron chi connectivity index (χ3n) is 2.30. The maximum absolute atomic E-state index is 11.4. The van der Waals surface area contributed by atoms with E-state index in [0.29, 0.717) is 12.5 Å². The molecule has 0 unspecified atom stereocenters. The minimum absolute atomic E-state index is 0. The molecule has 1 saturated carbocycles. The quantitative estimate of drug-likeness (QED) is 0.812. The second-order valence-corrected chi connectivity index (χ2v) is 4.54. The van der Waals surface area contributed by atoms with Gasteiger partial charge < -0.3 is 10.6 Å². The van der Waals surface area contributed by atoms with Crippen molar-refractivity contribution >= 4 is 22.4 Å². The molecule has 0 radical (unpaired) electrons. The van der Waals surface area contributed by atoms with Crippen molar-refractivity contribution in [2.45, 2.75) is 25.7 Å². The molecular formula is C10H19N3OS. The summed E-state index contributed by atoms with van der Waals surface area (Å²) in [5.41, 5.74) is 1.14. The molecule has 15 heavy (non-hydrogen) atoms. The van der Waals surface area contributed by atoms with Crippen molar-refractivity contribution < 1.29 is 7.65 Å². The van der Waals surface area contributed by atoms with Crippen molar-refractivity contribution in [2.75, 3.05) is 18.4 Å². The van der Waals surface area contributed by atoms with E-state index in [0.717, 1.165) is 17.4 Å². The zero-order valence-electron chi connectivity index (χ0n) is 8.75. The summed E-state index contributed by atoms with van der Waals surface area (Å²) in [6.07, 6.45) is 2.49. The Kier molecular flexibility index (Phi) is 3.33. The molecule has 0 aromatic carbocycles. The van der Waals surface area contributed by atoms with E-state index >= 15 is 0 Å². The number of thiazole rings is 1. The molecule has 1 amide bonds. The second kappa shape index (κ2) is 4.72. The highest BCUT2D eigenvalue weighted by Crippen LogP contribution is 2.40. The van der Waals surface area contributed by atoms with Crippen LogP contribution in [0.25, 0.3) is 0 Å². The lowest BCUT2D eigenvalue weighted by atomic mass is 10.3. The molecule has 1 aromatic heterocycles. The second-order valence-electron chi connectivity index (χ2n) is 3.68. The van der Waals surface area contributed by atoms with E-state index in [1.807, 2.05) is 12.3 Å². The molecule has 1 heterocycles. The van der Waals surface area contributed by atoms with E-state index in [1.165, 1.54) is 24.2 Å². The minimum atomic E-state index is -0.0199.